The molecule has 0 radical (unpaired) electrons. The molecule has 5 heterocycles. The molecule has 2 fully saturated rings. The van der Waals surface area contributed by atoms with Crippen molar-refractivity contribution < 1.29 is 27.8 Å². The van der Waals surface area contributed by atoms with Gasteiger partial charge in [0.2, 0.25) is 5.91 Å². The lowest BCUT2D eigenvalue weighted by Gasteiger charge is -2.40. The average Bonchev–Trinajstić information content (AvgIpc) is 3.65. The molecule has 0 saturated carbocycles. The number of benzene rings is 1. The molecule has 44 heavy (non-hydrogen) atoms. The van der Waals surface area contributed by atoms with Crippen LogP contribution in [0.4, 0.5) is 14.5 Å². The number of rotatable bonds is 9. The first kappa shape index (κ1) is 30.0. The third-order valence-corrected chi connectivity index (χ3v) is 8.59. The quantitative estimate of drug-likeness (QED) is 0.279. The first-order valence-electron chi connectivity index (χ1n) is 14.3. The van der Waals surface area contributed by atoms with Crippen LogP contribution in [-0.4, -0.2) is 104 Å². The van der Waals surface area contributed by atoms with Crippen LogP contribution in [0.3, 0.4) is 0 Å². The number of hydrogen-bond acceptors (Lipinski definition) is 9. The lowest BCUT2D eigenvalue weighted by molar-refractivity contribution is -0.134. The number of piperazine rings is 1. The second-order valence-corrected chi connectivity index (χ2v) is 11.4. The van der Waals surface area contributed by atoms with Crippen molar-refractivity contribution in [1.29, 1.82) is 0 Å². The second kappa shape index (κ2) is 13.3. The molecule has 3 aromatic heterocycles. The number of anilines is 1. The summed E-state index contributed by atoms with van der Waals surface area (Å²) in [4.78, 5) is 36.0. The minimum Gasteiger partial charge on any atom is -0.434 e. The van der Waals surface area contributed by atoms with Gasteiger partial charge in [0.05, 0.1) is 11.9 Å². The van der Waals surface area contributed by atoms with E-state index in [1.54, 1.807) is 35.5 Å². The Balaban J connectivity index is 1.26. The summed E-state index contributed by atoms with van der Waals surface area (Å²) in [6.07, 6.45) is 9.99. The molecule has 12 nitrogen and oxygen atoms in total. The second-order valence-electron chi connectivity index (χ2n) is 10.5. The van der Waals surface area contributed by atoms with Gasteiger partial charge >= 0.3 is 6.61 Å². The summed E-state index contributed by atoms with van der Waals surface area (Å²) >= 11 is 1.41. The van der Waals surface area contributed by atoms with E-state index in [0.717, 1.165) is 44.0 Å². The van der Waals surface area contributed by atoms with Gasteiger partial charge in [-0.1, -0.05) is 0 Å². The van der Waals surface area contributed by atoms with E-state index in [4.69, 9.17) is 9.47 Å². The summed E-state index contributed by atoms with van der Waals surface area (Å²) in [5, 5.41) is 11.6. The standard InChI is InChI=1S/C29H32F2N8O4S/c1-44-20-3-4-24(43-29(30)31)21(15-20)26-23(34-28(41)22-16-33-39-8-2-7-32-27(22)39)17-38(35-26)18-25(40)37-11-9-36(10-12-37)19-5-13-42-14-6-19/h2-4,7-8,15-17,19,29H,5-6,9-14,18H2,1H3,(H,34,41). The summed E-state index contributed by atoms with van der Waals surface area (Å²) in [6.45, 7) is 1.13. The van der Waals surface area contributed by atoms with Crippen LogP contribution in [0.5, 0.6) is 5.75 Å². The number of nitrogens with one attached hydrogen (secondary N) is 1. The number of nitrogens with zero attached hydrogens (tertiary/aromatic N) is 7. The van der Waals surface area contributed by atoms with Gasteiger partial charge in [0, 0.05) is 74.5 Å². The zero-order chi connectivity index (χ0) is 30.6. The average molecular weight is 627 g/mol. The lowest BCUT2D eigenvalue weighted by Crippen LogP contribution is -2.53. The van der Waals surface area contributed by atoms with Crippen LogP contribution in [0, 0.1) is 0 Å². The van der Waals surface area contributed by atoms with E-state index in [-0.39, 0.29) is 40.7 Å². The van der Waals surface area contributed by atoms with Crippen molar-refractivity contribution in [1.82, 2.24) is 34.2 Å². The van der Waals surface area contributed by atoms with Crippen LogP contribution in [0.1, 0.15) is 23.2 Å². The molecule has 2 saturated heterocycles. The highest BCUT2D eigenvalue weighted by Crippen LogP contribution is 2.38. The van der Waals surface area contributed by atoms with Crippen LogP contribution in [0.25, 0.3) is 16.9 Å². The Hall–Kier alpha value is -4.08. The highest BCUT2D eigenvalue weighted by molar-refractivity contribution is 7.98. The normalized spacial score (nSPS) is 16.5. The Morgan fingerprint density at radius 2 is 1.98 bits per heavy atom. The summed E-state index contributed by atoms with van der Waals surface area (Å²) in [7, 11) is 0. The molecule has 0 aliphatic carbocycles. The highest BCUT2D eigenvalue weighted by Gasteiger charge is 2.28. The van der Waals surface area contributed by atoms with Gasteiger partial charge in [0.1, 0.15) is 23.6 Å². The van der Waals surface area contributed by atoms with Crippen LogP contribution >= 0.6 is 11.8 Å². The number of fused-ring (bicyclic) bond motifs is 1. The Morgan fingerprint density at radius 3 is 2.73 bits per heavy atom. The lowest BCUT2D eigenvalue weighted by atomic mass is 10.1. The van der Waals surface area contributed by atoms with Crippen molar-refractivity contribution >= 4 is 34.9 Å². The minimum atomic E-state index is -3.07. The van der Waals surface area contributed by atoms with E-state index in [0.29, 0.717) is 24.8 Å². The van der Waals surface area contributed by atoms with E-state index < -0.39 is 12.5 Å². The molecule has 2 aliphatic heterocycles. The van der Waals surface area contributed by atoms with Gasteiger partial charge in [0.15, 0.2) is 5.65 Å². The predicted octanol–water partition coefficient (Wildman–Crippen LogP) is 3.49. The molecule has 2 amide bonds. The smallest absolute Gasteiger partial charge is 0.387 e. The molecule has 4 aromatic rings. The Kier molecular flexibility index (Phi) is 9.04. The zero-order valence-electron chi connectivity index (χ0n) is 24.1. The zero-order valence-corrected chi connectivity index (χ0v) is 24.9. The maximum absolute atomic E-state index is 13.4. The van der Waals surface area contributed by atoms with E-state index in [2.05, 4.69) is 25.4 Å². The molecular weight excluding hydrogens is 594 g/mol. The van der Waals surface area contributed by atoms with Crippen molar-refractivity contribution in [3.63, 3.8) is 0 Å². The molecule has 6 rings (SSSR count). The van der Waals surface area contributed by atoms with Gasteiger partial charge in [0.25, 0.3) is 5.91 Å². The molecule has 1 N–H and O–H groups in total. The summed E-state index contributed by atoms with van der Waals surface area (Å²) in [5.74, 6) is -0.753. The molecule has 0 unspecified atom stereocenters. The van der Waals surface area contributed by atoms with Crippen LogP contribution < -0.4 is 10.1 Å². The maximum atomic E-state index is 13.4. The molecule has 232 valence electrons. The number of aromatic nitrogens is 5. The molecule has 15 heteroatoms. The van der Waals surface area contributed by atoms with Crippen molar-refractivity contribution in [3.05, 3.63) is 54.6 Å². The Labute approximate surface area is 256 Å². The summed E-state index contributed by atoms with van der Waals surface area (Å²) in [6, 6.07) is 6.94. The Bertz CT molecular complexity index is 1630. The fourth-order valence-electron chi connectivity index (χ4n) is 5.62. The SMILES string of the molecule is CSc1ccc(OC(F)F)c(-c2nn(CC(=O)N3CCN(C4CCOCC4)CC3)cc2NC(=O)c2cnn3cccnc23)c1. The molecule has 0 atom stereocenters. The monoisotopic (exact) mass is 626 g/mol. The third kappa shape index (κ3) is 6.54. The fourth-order valence-corrected chi connectivity index (χ4v) is 6.05. The van der Waals surface area contributed by atoms with Crippen molar-refractivity contribution in [2.75, 3.05) is 51.0 Å². The van der Waals surface area contributed by atoms with Gasteiger partial charge in [-0.3, -0.25) is 19.2 Å². The van der Waals surface area contributed by atoms with E-state index >= 15 is 0 Å². The fraction of sp³-hybridized carbons (Fsp3) is 0.414. The molecule has 1 aromatic carbocycles. The van der Waals surface area contributed by atoms with Gasteiger partial charge in [-0.25, -0.2) is 9.50 Å². The third-order valence-electron chi connectivity index (χ3n) is 7.86. The Morgan fingerprint density at radius 1 is 1.18 bits per heavy atom. The van der Waals surface area contributed by atoms with Crippen LogP contribution in [-0.2, 0) is 16.1 Å². The van der Waals surface area contributed by atoms with Crippen LogP contribution in [0.2, 0.25) is 0 Å². The number of carbonyl (C=O) groups excluding carboxylic acids is 2. The van der Waals surface area contributed by atoms with Crippen molar-refractivity contribution in [2.24, 2.45) is 0 Å². The summed E-state index contributed by atoms with van der Waals surface area (Å²) < 4.78 is 39.9. The number of hydrogen-bond donors (Lipinski definition) is 1. The van der Waals surface area contributed by atoms with Crippen molar-refractivity contribution in [2.45, 2.75) is 36.9 Å². The van der Waals surface area contributed by atoms with Gasteiger partial charge in [-0.05, 0) is 43.4 Å². The molecular formula is C29H32F2N8O4S. The first-order chi connectivity index (χ1) is 21.4. The van der Waals surface area contributed by atoms with Crippen LogP contribution in [0.15, 0.2) is 53.9 Å². The van der Waals surface area contributed by atoms with E-state index in [1.807, 2.05) is 6.26 Å². The number of thioether (sulfide) groups is 1. The van der Waals surface area contributed by atoms with E-state index in [1.165, 1.54) is 39.4 Å². The van der Waals surface area contributed by atoms with Gasteiger partial charge in [-0.15, -0.1) is 11.8 Å². The molecule has 0 bridgehead atoms. The predicted molar refractivity (Wildman–Crippen MR) is 159 cm³/mol. The first-order valence-corrected chi connectivity index (χ1v) is 15.5. The number of ether oxygens (including phenoxy) is 2. The number of halogens is 2. The molecule has 0 spiro atoms. The summed E-state index contributed by atoms with van der Waals surface area (Å²) in [5.41, 5.74) is 1.22. The number of carbonyl (C=O) groups is 2. The van der Waals surface area contributed by atoms with Crippen molar-refractivity contribution in [3.8, 4) is 17.0 Å². The maximum Gasteiger partial charge on any atom is 0.387 e. The largest absolute Gasteiger partial charge is 0.434 e. The van der Waals surface area contributed by atoms with E-state index in [9.17, 15) is 18.4 Å². The number of amides is 2. The molecule has 2 aliphatic rings. The van der Waals surface area contributed by atoms with Gasteiger partial charge in [-0.2, -0.15) is 19.0 Å². The number of alkyl halides is 2. The minimum absolute atomic E-state index is 0.0916. The van der Waals surface area contributed by atoms with Gasteiger partial charge < -0.3 is 19.7 Å². The topological polar surface area (TPSA) is 119 Å². The highest BCUT2D eigenvalue weighted by atomic mass is 32.2.